The molecule has 0 bridgehead atoms. The van der Waals surface area contributed by atoms with Gasteiger partial charge in [-0.05, 0) is 41.7 Å². The Bertz CT molecular complexity index is 556. The van der Waals surface area contributed by atoms with Crippen LogP contribution in [0.4, 0.5) is 10.2 Å². The van der Waals surface area contributed by atoms with Crippen LogP contribution in [0, 0.1) is 11.2 Å². The van der Waals surface area contributed by atoms with Crippen molar-refractivity contribution < 1.29 is 4.39 Å². The molecule has 2 nitrogen and oxygen atoms in total. The summed E-state index contributed by atoms with van der Waals surface area (Å²) in [5.74, 6) is 0.194. The van der Waals surface area contributed by atoms with Crippen molar-refractivity contribution in [3.05, 3.63) is 35.6 Å². The zero-order valence-corrected chi connectivity index (χ0v) is 10.4. The van der Waals surface area contributed by atoms with E-state index >= 15 is 0 Å². The molecule has 1 heterocycles. The van der Waals surface area contributed by atoms with Gasteiger partial charge in [0.05, 0.1) is 5.52 Å². The molecule has 90 valence electrons. The zero-order chi connectivity index (χ0) is 12.6. The maximum Gasteiger partial charge on any atom is 0.132 e. The molecular weight excluding hydrogens is 215 g/mol. The molecule has 1 aromatic carbocycles. The lowest BCUT2D eigenvalue weighted by molar-refractivity contribution is 0.410. The van der Waals surface area contributed by atoms with Crippen LogP contribution in [0.2, 0.25) is 0 Å². The van der Waals surface area contributed by atoms with Crippen molar-refractivity contribution in [3.8, 4) is 0 Å². The summed E-state index contributed by atoms with van der Waals surface area (Å²) >= 11 is 0. The molecule has 2 rings (SSSR count). The predicted octanol–water partition coefficient (Wildman–Crippen LogP) is 3.54. The minimum atomic E-state index is -0.228. The standard InChI is InChI=1S/C14H17FN2/c1-14(2,3)8-9-6-11(15)10-4-5-13(16)17-12(10)7-9/h4-7H,8H2,1-3H3,(H2,16,17). The van der Waals surface area contributed by atoms with Gasteiger partial charge in [0.25, 0.3) is 0 Å². The number of halogens is 1. The van der Waals surface area contributed by atoms with E-state index in [1.54, 1.807) is 18.2 Å². The Hall–Kier alpha value is -1.64. The first-order valence-electron chi connectivity index (χ1n) is 5.70. The van der Waals surface area contributed by atoms with Crippen LogP contribution in [0.1, 0.15) is 26.3 Å². The van der Waals surface area contributed by atoms with Gasteiger partial charge < -0.3 is 5.73 Å². The fourth-order valence-corrected chi connectivity index (χ4v) is 1.97. The molecule has 1 aromatic heterocycles. The fourth-order valence-electron chi connectivity index (χ4n) is 1.97. The Morgan fingerprint density at radius 3 is 2.59 bits per heavy atom. The fraction of sp³-hybridized carbons (Fsp3) is 0.357. The van der Waals surface area contributed by atoms with Crippen LogP contribution in [0.25, 0.3) is 10.9 Å². The summed E-state index contributed by atoms with van der Waals surface area (Å²) in [6, 6.07) is 6.80. The first-order valence-corrected chi connectivity index (χ1v) is 5.70. The van der Waals surface area contributed by atoms with Gasteiger partial charge in [-0.2, -0.15) is 0 Å². The van der Waals surface area contributed by atoms with Gasteiger partial charge in [-0.3, -0.25) is 0 Å². The molecule has 0 radical (unpaired) electrons. The molecule has 0 aliphatic heterocycles. The molecule has 0 unspecified atom stereocenters. The second-order valence-corrected chi connectivity index (χ2v) is 5.62. The van der Waals surface area contributed by atoms with Gasteiger partial charge in [-0.1, -0.05) is 20.8 Å². The molecule has 3 heteroatoms. The average Bonchev–Trinajstić information content (AvgIpc) is 2.13. The summed E-state index contributed by atoms with van der Waals surface area (Å²) in [5, 5.41) is 0.525. The van der Waals surface area contributed by atoms with Crippen molar-refractivity contribution in [3.63, 3.8) is 0 Å². The van der Waals surface area contributed by atoms with E-state index in [1.807, 2.05) is 6.07 Å². The van der Waals surface area contributed by atoms with Crippen molar-refractivity contribution >= 4 is 16.7 Å². The second-order valence-electron chi connectivity index (χ2n) is 5.62. The topological polar surface area (TPSA) is 38.9 Å². The zero-order valence-electron chi connectivity index (χ0n) is 10.4. The van der Waals surface area contributed by atoms with Gasteiger partial charge in [0, 0.05) is 5.39 Å². The molecule has 0 amide bonds. The maximum absolute atomic E-state index is 13.9. The number of rotatable bonds is 1. The van der Waals surface area contributed by atoms with Gasteiger partial charge in [0.15, 0.2) is 0 Å². The van der Waals surface area contributed by atoms with Crippen LogP contribution < -0.4 is 5.73 Å². The third-order valence-electron chi connectivity index (χ3n) is 2.57. The predicted molar refractivity (Wildman–Crippen MR) is 69.3 cm³/mol. The highest BCUT2D eigenvalue weighted by molar-refractivity contribution is 5.81. The second kappa shape index (κ2) is 3.99. The number of aromatic nitrogens is 1. The Kier molecular flexibility index (Phi) is 2.77. The normalized spacial score (nSPS) is 12.0. The first kappa shape index (κ1) is 11.8. The lowest BCUT2D eigenvalue weighted by atomic mass is 9.88. The summed E-state index contributed by atoms with van der Waals surface area (Å²) in [6.07, 6.45) is 0.816. The smallest absolute Gasteiger partial charge is 0.132 e. The van der Waals surface area contributed by atoms with Crippen LogP contribution in [0.5, 0.6) is 0 Å². The Morgan fingerprint density at radius 2 is 1.94 bits per heavy atom. The van der Waals surface area contributed by atoms with Crippen molar-refractivity contribution in [2.24, 2.45) is 5.41 Å². The first-order chi connectivity index (χ1) is 7.85. The van der Waals surface area contributed by atoms with Crippen LogP contribution in [0.3, 0.4) is 0 Å². The van der Waals surface area contributed by atoms with Crippen LogP contribution >= 0.6 is 0 Å². The number of anilines is 1. The molecular formula is C14H17FN2. The lowest BCUT2D eigenvalue weighted by Crippen LogP contribution is -2.09. The largest absolute Gasteiger partial charge is 0.384 e. The molecule has 0 atom stereocenters. The van der Waals surface area contributed by atoms with Gasteiger partial charge in [0.2, 0.25) is 0 Å². The van der Waals surface area contributed by atoms with E-state index in [1.165, 1.54) is 0 Å². The van der Waals surface area contributed by atoms with Crippen LogP contribution in [-0.4, -0.2) is 4.98 Å². The van der Waals surface area contributed by atoms with Gasteiger partial charge in [-0.15, -0.1) is 0 Å². The number of nitrogens with zero attached hydrogens (tertiary/aromatic N) is 1. The van der Waals surface area contributed by atoms with E-state index < -0.39 is 0 Å². The highest BCUT2D eigenvalue weighted by Crippen LogP contribution is 2.25. The van der Waals surface area contributed by atoms with E-state index in [-0.39, 0.29) is 11.2 Å². The van der Waals surface area contributed by atoms with E-state index in [4.69, 9.17) is 5.73 Å². The monoisotopic (exact) mass is 232 g/mol. The number of nitrogen functional groups attached to an aromatic ring is 1. The Morgan fingerprint density at radius 1 is 1.24 bits per heavy atom. The number of hydrogen-bond acceptors (Lipinski definition) is 2. The average molecular weight is 232 g/mol. The quantitative estimate of drug-likeness (QED) is 0.816. The molecule has 0 aliphatic carbocycles. The molecule has 0 saturated carbocycles. The van der Waals surface area contributed by atoms with Gasteiger partial charge in [0.1, 0.15) is 11.6 Å². The van der Waals surface area contributed by atoms with Crippen molar-refractivity contribution in [2.75, 3.05) is 5.73 Å². The SMILES string of the molecule is CC(C)(C)Cc1cc(F)c2ccc(N)nc2c1. The third-order valence-corrected chi connectivity index (χ3v) is 2.57. The number of hydrogen-bond donors (Lipinski definition) is 1. The molecule has 0 saturated heterocycles. The molecule has 0 spiro atoms. The summed E-state index contributed by atoms with van der Waals surface area (Å²) in [4.78, 5) is 4.16. The van der Waals surface area contributed by atoms with Gasteiger partial charge in [-0.25, -0.2) is 9.37 Å². The van der Waals surface area contributed by atoms with Crippen molar-refractivity contribution in [1.29, 1.82) is 0 Å². The Labute approximate surface area is 101 Å². The maximum atomic E-state index is 13.9. The highest BCUT2D eigenvalue weighted by Gasteiger charge is 2.13. The minimum Gasteiger partial charge on any atom is -0.384 e. The van der Waals surface area contributed by atoms with Gasteiger partial charge >= 0.3 is 0 Å². The molecule has 0 fully saturated rings. The van der Waals surface area contributed by atoms with E-state index in [9.17, 15) is 4.39 Å². The van der Waals surface area contributed by atoms with E-state index in [0.29, 0.717) is 16.7 Å². The molecule has 0 aliphatic rings. The number of nitrogens with two attached hydrogens (primary N) is 1. The number of fused-ring (bicyclic) bond motifs is 1. The highest BCUT2D eigenvalue weighted by atomic mass is 19.1. The van der Waals surface area contributed by atoms with Crippen LogP contribution in [-0.2, 0) is 6.42 Å². The summed E-state index contributed by atoms with van der Waals surface area (Å²) in [5.41, 5.74) is 7.33. The lowest BCUT2D eigenvalue weighted by Gasteiger charge is -2.18. The third kappa shape index (κ3) is 2.73. The van der Waals surface area contributed by atoms with Crippen LogP contribution in [0.15, 0.2) is 24.3 Å². The van der Waals surface area contributed by atoms with E-state index in [2.05, 4.69) is 25.8 Å². The van der Waals surface area contributed by atoms with E-state index in [0.717, 1.165) is 12.0 Å². The van der Waals surface area contributed by atoms with Crippen molar-refractivity contribution in [1.82, 2.24) is 4.98 Å². The summed E-state index contributed by atoms with van der Waals surface area (Å²) in [6.45, 7) is 6.38. The van der Waals surface area contributed by atoms with Crippen molar-refractivity contribution in [2.45, 2.75) is 27.2 Å². The number of benzene rings is 1. The number of pyridine rings is 1. The summed E-state index contributed by atoms with van der Waals surface area (Å²) < 4.78 is 13.9. The molecule has 2 aromatic rings. The molecule has 17 heavy (non-hydrogen) atoms. The summed E-state index contributed by atoms with van der Waals surface area (Å²) in [7, 11) is 0. The minimum absolute atomic E-state index is 0.125. The Balaban J connectivity index is 2.54. The molecule has 2 N–H and O–H groups in total.